The van der Waals surface area contributed by atoms with Gasteiger partial charge in [-0.05, 0) is 45.7 Å². The number of hydrogen-bond donors (Lipinski definition) is 1. The second kappa shape index (κ2) is 5.69. The van der Waals surface area contributed by atoms with Crippen molar-refractivity contribution in [2.75, 3.05) is 31.9 Å². The molecule has 5 nitrogen and oxygen atoms in total. The Hall–Kier alpha value is -1.14. The van der Waals surface area contributed by atoms with Crippen molar-refractivity contribution in [1.29, 1.82) is 0 Å². The van der Waals surface area contributed by atoms with E-state index in [0.29, 0.717) is 16.1 Å². The van der Waals surface area contributed by atoms with Gasteiger partial charge in [-0.1, -0.05) is 11.3 Å². The summed E-state index contributed by atoms with van der Waals surface area (Å²) in [5.74, 6) is 0.112. The van der Waals surface area contributed by atoms with Crippen molar-refractivity contribution in [3.8, 4) is 0 Å². The Morgan fingerprint density at radius 3 is 2.70 bits per heavy atom. The number of likely N-dealkylation sites (tertiary alicyclic amines) is 2. The Labute approximate surface area is 123 Å². The molecule has 3 heterocycles. The fourth-order valence-electron chi connectivity index (χ4n) is 3.30. The zero-order valence-corrected chi connectivity index (χ0v) is 12.8. The molecule has 1 atom stereocenters. The van der Waals surface area contributed by atoms with Crippen LogP contribution in [0.15, 0.2) is 0 Å². The van der Waals surface area contributed by atoms with E-state index in [9.17, 15) is 4.79 Å². The van der Waals surface area contributed by atoms with Gasteiger partial charge in [0.05, 0.1) is 5.69 Å². The second-order valence-corrected chi connectivity index (χ2v) is 6.79. The summed E-state index contributed by atoms with van der Waals surface area (Å²) in [6.45, 7) is 5.97. The fraction of sp³-hybridized carbons (Fsp3) is 0.714. The van der Waals surface area contributed by atoms with Crippen LogP contribution >= 0.6 is 11.3 Å². The normalized spacial score (nSPS) is 24.2. The maximum absolute atomic E-state index is 12.6. The Morgan fingerprint density at radius 1 is 1.30 bits per heavy atom. The maximum Gasteiger partial charge on any atom is 0.265 e. The molecule has 110 valence electrons. The van der Waals surface area contributed by atoms with E-state index in [2.05, 4.69) is 9.88 Å². The summed E-state index contributed by atoms with van der Waals surface area (Å²) in [6.07, 6.45) is 4.91. The summed E-state index contributed by atoms with van der Waals surface area (Å²) >= 11 is 1.31. The minimum Gasteiger partial charge on any atom is -0.375 e. The third-order valence-corrected chi connectivity index (χ3v) is 5.32. The van der Waals surface area contributed by atoms with Gasteiger partial charge in [0.25, 0.3) is 5.91 Å². The third-order valence-electron chi connectivity index (χ3n) is 4.35. The average molecular weight is 294 g/mol. The predicted molar refractivity (Wildman–Crippen MR) is 81.0 cm³/mol. The molecule has 1 amide bonds. The third kappa shape index (κ3) is 2.67. The van der Waals surface area contributed by atoms with Gasteiger partial charge in [-0.25, -0.2) is 4.98 Å². The summed E-state index contributed by atoms with van der Waals surface area (Å²) < 4.78 is 0. The number of carbonyl (C=O) groups is 1. The minimum absolute atomic E-state index is 0.112. The number of aryl methyl sites for hydroxylation is 1. The SMILES string of the molecule is Cc1nc(N)sc1C(=O)N1CCCC(N2CCCC2)C1. The number of amides is 1. The highest BCUT2D eigenvalue weighted by Gasteiger charge is 2.30. The summed E-state index contributed by atoms with van der Waals surface area (Å²) in [5, 5.41) is 0.485. The number of carbonyl (C=O) groups excluding carboxylic acids is 1. The van der Waals surface area contributed by atoms with Crippen LogP contribution in [-0.2, 0) is 0 Å². The maximum atomic E-state index is 12.6. The van der Waals surface area contributed by atoms with Gasteiger partial charge in [0.2, 0.25) is 0 Å². The highest BCUT2D eigenvalue weighted by Crippen LogP contribution is 2.25. The Morgan fingerprint density at radius 2 is 2.05 bits per heavy atom. The number of hydrogen-bond acceptors (Lipinski definition) is 5. The van der Waals surface area contributed by atoms with E-state index in [4.69, 9.17) is 5.73 Å². The standard InChI is InChI=1S/C14H22N4OS/c1-10-12(20-14(15)16-10)13(19)18-8-4-5-11(9-18)17-6-2-3-7-17/h11H,2-9H2,1H3,(H2,15,16). The average Bonchev–Trinajstić information content (AvgIpc) is 3.08. The molecule has 2 saturated heterocycles. The molecular formula is C14H22N4OS. The van der Waals surface area contributed by atoms with Gasteiger partial charge in [0, 0.05) is 19.1 Å². The van der Waals surface area contributed by atoms with Crippen LogP contribution in [0, 0.1) is 6.92 Å². The van der Waals surface area contributed by atoms with Crippen LogP contribution in [0.2, 0.25) is 0 Å². The van der Waals surface area contributed by atoms with Crippen molar-refractivity contribution in [2.24, 2.45) is 0 Å². The first-order valence-corrected chi connectivity index (χ1v) is 8.23. The van der Waals surface area contributed by atoms with Crippen LogP contribution in [0.4, 0.5) is 5.13 Å². The summed E-state index contributed by atoms with van der Waals surface area (Å²) in [4.78, 5) is 22.0. The fourth-order valence-corrected chi connectivity index (χ4v) is 4.10. The molecule has 3 rings (SSSR count). The van der Waals surface area contributed by atoms with E-state index in [-0.39, 0.29) is 5.91 Å². The van der Waals surface area contributed by atoms with Gasteiger partial charge in [-0.2, -0.15) is 0 Å². The van der Waals surface area contributed by atoms with Gasteiger partial charge < -0.3 is 10.6 Å². The predicted octanol–water partition coefficient (Wildman–Crippen LogP) is 1.73. The topological polar surface area (TPSA) is 62.5 Å². The Kier molecular flexibility index (Phi) is 3.94. The molecule has 1 aromatic heterocycles. The molecule has 0 saturated carbocycles. The van der Waals surface area contributed by atoms with E-state index >= 15 is 0 Å². The van der Waals surface area contributed by atoms with Gasteiger partial charge in [-0.15, -0.1) is 0 Å². The van der Waals surface area contributed by atoms with Crippen molar-refractivity contribution in [1.82, 2.24) is 14.8 Å². The van der Waals surface area contributed by atoms with Crippen LogP contribution in [-0.4, -0.2) is 52.9 Å². The Bertz CT molecular complexity index is 495. The zero-order chi connectivity index (χ0) is 14.1. The number of nitrogen functional groups attached to an aromatic ring is 1. The lowest BCUT2D eigenvalue weighted by Gasteiger charge is -2.37. The van der Waals surface area contributed by atoms with Crippen LogP contribution < -0.4 is 5.73 Å². The van der Waals surface area contributed by atoms with Crippen molar-refractivity contribution < 1.29 is 4.79 Å². The molecule has 1 aromatic rings. The molecule has 2 aliphatic rings. The lowest BCUT2D eigenvalue weighted by atomic mass is 10.0. The van der Waals surface area contributed by atoms with Crippen molar-refractivity contribution in [3.05, 3.63) is 10.6 Å². The zero-order valence-electron chi connectivity index (χ0n) is 12.0. The highest BCUT2D eigenvalue weighted by molar-refractivity contribution is 7.17. The van der Waals surface area contributed by atoms with E-state index < -0.39 is 0 Å². The van der Waals surface area contributed by atoms with E-state index in [1.807, 2.05) is 11.8 Å². The highest BCUT2D eigenvalue weighted by atomic mass is 32.1. The quantitative estimate of drug-likeness (QED) is 0.902. The number of rotatable bonds is 2. The minimum atomic E-state index is 0.112. The molecule has 0 bridgehead atoms. The number of aromatic nitrogens is 1. The lowest BCUT2D eigenvalue weighted by Crippen LogP contribution is -2.48. The number of anilines is 1. The van der Waals surface area contributed by atoms with Crippen molar-refractivity contribution in [2.45, 2.75) is 38.6 Å². The van der Waals surface area contributed by atoms with Crippen LogP contribution in [0.1, 0.15) is 41.0 Å². The molecule has 0 aromatic carbocycles. The van der Waals surface area contributed by atoms with E-state index in [1.165, 1.54) is 43.7 Å². The van der Waals surface area contributed by atoms with Gasteiger partial charge >= 0.3 is 0 Å². The largest absolute Gasteiger partial charge is 0.375 e. The molecule has 6 heteroatoms. The number of nitrogens with two attached hydrogens (primary N) is 1. The van der Waals surface area contributed by atoms with Gasteiger partial charge in [0.15, 0.2) is 5.13 Å². The summed E-state index contributed by atoms with van der Waals surface area (Å²) in [6, 6.07) is 0.542. The molecule has 0 aliphatic carbocycles. The Balaban J connectivity index is 1.70. The molecule has 1 unspecified atom stereocenters. The molecule has 20 heavy (non-hydrogen) atoms. The van der Waals surface area contributed by atoms with E-state index in [0.717, 1.165) is 25.2 Å². The van der Waals surface area contributed by atoms with Crippen LogP contribution in [0.5, 0.6) is 0 Å². The van der Waals surface area contributed by atoms with Gasteiger partial charge in [0.1, 0.15) is 4.88 Å². The first kappa shape index (κ1) is 13.8. The van der Waals surface area contributed by atoms with Crippen LogP contribution in [0.25, 0.3) is 0 Å². The molecular weight excluding hydrogens is 272 g/mol. The number of piperidine rings is 1. The van der Waals surface area contributed by atoms with Gasteiger partial charge in [-0.3, -0.25) is 9.69 Å². The number of nitrogens with zero attached hydrogens (tertiary/aromatic N) is 3. The summed E-state index contributed by atoms with van der Waals surface area (Å²) in [5.41, 5.74) is 6.47. The second-order valence-electron chi connectivity index (χ2n) is 5.76. The molecule has 0 spiro atoms. The number of thiazole rings is 1. The molecule has 0 radical (unpaired) electrons. The van der Waals surface area contributed by atoms with Crippen LogP contribution in [0.3, 0.4) is 0 Å². The summed E-state index contributed by atoms with van der Waals surface area (Å²) in [7, 11) is 0. The lowest BCUT2D eigenvalue weighted by molar-refractivity contribution is 0.0611. The van der Waals surface area contributed by atoms with Crippen molar-refractivity contribution in [3.63, 3.8) is 0 Å². The smallest absolute Gasteiger partial charge is 0.265 e. The molecule has 2 N–H and O–H groups in total. The monoisotopic (exact) mass is 294 g/mol. The molecule has 2 fully saturated rings. The van der Waals surface area contributed by atoms with E-state index in [1.54, 1.807) is 0 Å². The molecule has 2 aliphatic heterocycles. The van der Waals surface area contributed by atoms with Crippen molar-refractivity contribution >= 4 is 22.4 Å². The first-order valence-electron chi connectivity index (χ1n) is 7.41. The first-order chi connectivity index (χ1) is 9.65.